The second-order valence-corrected chi connectivity index (χ2v) is 12.8. The zero-order valence-electron chi connectivity index (χ0n) is 20.2. The number of carbonyl (C=O) groups excluding carboxylic acids is 2. The smallest absolute Gasteiger partial charge is 0.302 e. The van der Waals surface area contributed by atoms with Gasteiger partial charge < -0.3 is 25.4 Å². The second-order valence-electron chi connectivity index (χ2n) is 10.2. The number of amides is 1. The minimum absolute atomic E-state index is 0.0481. The molecule has 0 aromatic heterocycles. The highest BCUT2D eigenvalue weighted by Gasteiger charge is 2.91. The molecule has 3 aliphatic carbocycles. The largest absolute Gasteiger partial charge is 0.463 e. The molecule has 0 bridgehead atoms. The maximum absolute atomic E-state index is 13.6. The van der Waals surface area contributed by atoms with Crippen molar-refractivity contribution >= 4 is 39.0 Å². The summed E-state index contributed by atoms with van der Waals surface area (Å²) in [5, 5.41) is 32.9. The summed E-state index contributed by atoms with van der Waals surface area (Å²) in [7, 11) is -4.15. The lowest BCUT2D eigenvalue weighted by Gasteiger charge is -2.63. The van der Waals surface area contributed by atoms with Crippen LogP contribution in [-0.2, 0) is 19.4 Å². The highest BCUT2D eigenvalue weighted by Crippen LogP contribution is 2.86. The predicted octanol–water partition coefficient (Wildman–Crippen LogP) is 2.21. The molecule has 2 aromatic carbocycles. The van der Waals surface area contributed by atoms with E-state index in [-0.39, 0.29) is 34.0 Å². The lowest BCUT2D eigenvalue weighted by molar-refractivity contribution is -0.261. The van der Waals surface area contributed by atoms with Crippen molar-refractivity contribution in [2.45, 2.75) is 47.7 Å². The Balaban J connectivity index is 1.33. The van der Waals surface area contributed by atoms with Gasteiger partial charge in [-0.1, -0.05) is 11.6 Å². The summed E-state index contributed by atoms with van der Waals surface area (Å²) in [6, 6.07) is 4.55. The Morgan fingerprint density at radius 2 is 1.79 bits per heavy atom. The summed E-state index contributed by atoms with van der Waals surface area (Å²) in [4.78, 5) is 23.3. The molecule has 0 aliphatic heterocycles. The molecule has 14 heteroatoms. The van der Waals surface area contributed by atoms with Crippen molar-refractivity contribution in [2.24, 2.45) is 17.3 Å². The van der Waals surface area contributed by atoms with E-state index in [2.05, 4.69) is 10.1 Å². The van der Waals surface area contributed by atoms with Crippen LogP contribution in [-0.4, -0.2) is 65.3 Å². The fraction of sp³-hybridized carbons (Fsp3) is 0.440. The van der Waals surface area contributed by atoms with Gasteiger partial charge in [-0.05, 0) is 48.3 Å². The molecule has 7 atom stereocenters. The molecule has 39 heavy (non-hydrogen) atoms. The van der Waals surface area contributed by atoms with Gasteiger partial charge in [0.25, 0.3) is 5.91 Å². The average Bonchev–Trinajstić information content (AvgIpc) is 3.61. The molecule has 0 saturated heterocycles. The Morgan fingerprint density at radius 3 is 2.38 bits per heavy atom. The Hall–Kier alpha value is -2.71. The van der Waals surface area contributed by atoms with Crippen LogP contribution in [0, 0.1) is 34.7 Å². The number of carbonyl (C=O) groups is 2. The first-order valence-corrected chi connectivity index (χ1v) is 13.8. The van der Waals surface area contributed by atoms with Crippen molar-refractivity contribution in [3.05, 3.63) is 58.4 Å². The molecule has 0 heterocycles. The number of hydrogen-bond acceptors (Lipinski definition) is 8. The molecule has 4 N–H and O–H groups in total. The summed E-state index contributed by atoms with van der Waals surface area (Å²) in [5.74, 6) is -7.62. The van der Waals surface area contributed by atoms with Gasteiger partial charge in [0.2, 0.25) is 0 Å². The minimum atomic E-state index is -4.15. The number of ether oxygens (including phenoxy) is 1. The second kappa shape index (κ2) is 9.16. The van der Waals surface area contributed by atoms with E-state index in [0.29, 0.717) is 12.1 Å². The molecule has 5 rings (SSSR count). The van der Waals surface area contributed by atoms with Gasteiger partial charge in [0.15, 0.2) is 27.3 Å². The van der Waals surface area contributed by atoms with Gasteiger partial charge in [0.05, 0.1) is 15.2 Å². The first-order valence-electron chi connectivity index (χ1n) is 11.9. The van der Waals surface area contributed by atoms with Crippen LogP contribution >= 0.6 is 11.6 Å². The van der Waals surface area contributed by atoms with Crippen LogP contribution in [0.25, 0.3) is 0 Å². The standard InChI is InChI=1S/C25H23ClF3NO8S/c1-10(31)38-9-16(32)22(33)25(35)18-7-20(24(18)8-19(24)25)39(36,37)17-4-11(2-3-13(17)26)23(34)30-12-5-14(27)21(29)15(28)6-12/h2-6,16,18-20,22,32-33,35H,7-9H2,1H3,(H,30,34)/t16?,18?,19?,20?,22-,24?,25-/m1/s1. The van der Waals surface area contributed by atoms with Crippen LogP contribution in [0.1, 0.15) is 30.1 Å². The van der Waals surface area contributed by atoms with Crippen LogP contribution in [0.3, 0.4) is 0 Å². The third kappa shape index (κ3) is 4.05. The van der Waals surface area contributed by atoms with Crippen molar-refractivity contribution in [1.82, 2.24) is 0 Å². The molecule has 3 aliphatic rings. The van der Waals surface area contributed by atoms with E-state index in [1.54, 1.807) is 0 Å². The third-order valence-corrected chi connectivity index (χ3v) is 11.0. The van der Waals surface area contributed by atoms with E-state index >= 15 is 0 Å². The number of esters is 1. The van der Waals surface area contributed by atoms with E-state index in [1.807, 2.05) is 0 Å². The Morgan fingerprint density at radius 1 is 1.15 bits per heavy atom. The van der Waals surface area contributed by atoms with Crippen molar-refractivity contribution in [2.75, 3.05) is 11.9 Å². The molecule has 0 radical (unpaired) electrons. The van der Waals surface area contributed by atoms with Gasteiger partial charge in [-0.2, -0.15) is 0 Å². The van der Waals surface area contributed by atoms with Crippen molar-refractivity contribution in [3.8, 4) is 0 Å². The maximum atomic E-state index is 13.6. The van der Waals surface area contributed by atoms with Crippen LogP contribution in [0.4, 0.5) is 18.9 Å². The summed E-state index contributed by atoms with van der Waals surface area (Å²) < 4.78 is 72.1. The molecule has 1 spiro atoms. The quantitative estimate of drug-likeness (QED) is 0.270. The number of halogens is 4. The van der Waals surface area contributed by atoms with E-state index in [0.717, 1.165) is 13.0 Å². The van der Waals surface area contributed by atoms with Gasteiger partial charge in [0, 0.05) is 30.3 Å². The Labute approximate surface area is 225 Å². The Kier molecular flexibility index (Phi) is 6.54. The molecule has 3 saturated carbocycles. The molecule has 5 unspecified atom stereocenters. The highest BCUT2D eigenvalue weighted by molar-refractivity contribution is 7.92. The molecule has 1 amide bonds. The lowest BCUT2D eigenvalue weighted by atomic mass is 9.47. The number of nitrogens with one attached hydrogen (secondary N) is 1. The number of aliphatic hydroxyl groups excluding tert-OH is 2. The lowest BCUT2D eigenvalue weighted by Crippen LogP contribution is -2.74. The van der Waals surface area contributed by atoms with Crippen LogP contribution in [0.2, 0.25) is 5.02 Å². The highest BCUT2D eigenvalue weighted by atomic mass is 35.5. The average molecular weight is 590 g/mol. The van der Waals surface area contributed by atoms with Crippen LogP contribution < -0.4 is 5.32 Å². The minimum Gasteiger partial charge on any atom is -0.463 e. The van der Waals surface area contributed by atoms with Gasteiger partial charge in [-0.15, -0.1) is 0 Å². The molecule has 2 aromatic rings. The first kappa shape index (κ1) is 27.8. The van der Waals surface area contributed by atoms with E-state index in [1.165, 1.54) is 12.1 Å². The fourth-order valence-corrected chi connectivity index (χ4v) is 9.22. The summed E-state index contributed by atoms with van der Waals surface area (Å²) >= 11 is 6.18. The molecular weight excluding hydrogens is 567 g/mol. The van der Waals surface area contributed by atoms with Crippen LogP contribution in [0.5, 0.6) is 0 Å². The van der Waals surface area contributed by atoms with E-state index in [4.69, 9.17) is 11.6 Å². The van der Waals surface area contributed by atoms with E-state index < -0.39 is 86.1 Å². The first-order chi connectivity index (χ1) is 18.1. The van der Waals surface area contributed by atoms with Crippen molar-refractivity contribution in [1.29, 1.82) is 0 Å². The van der Waals surface area contributed by atoms with Gasteiger partial charge in [0.1, 0.15) is 24.4 Å². The number of sulfone groups is 1. The zero-order valence-corrected chi connectivity index (χ0v) is 21.8. The Bertz CT molecular complexity index is 1480. The number of hydrogen-bond donors (Lipinski definition) is 4. The number of rotatable bonds is 8. The monoisotopic (exact) mass is 589 g/mol. The summed E-state index contributed by atoms with van der Waals surface area (Å²) in [6.45, 7) is 0.589. The molecule has 210 valence electrons. The summed E-state index contributed by atoms with van der Waals surface area (Å²) in [5.41, 5.74) is -3.17. The van der Waals surface area contributed by atoms with Gasteiger partial charge in [-0.25, -0.2) is 21.6 Å². The summed E-state index contributed by atoms with van der Waals surface area (Å²) in [6.07, 6.45) is -3.01. The van der Waals surface area contributed by atoms with Crippen molar-refractivity contribution < 1.29 is 51.2 Å². The number of benzene rings is 2. The number of anilines is 1. The number of aliphatic hydroxyl groups is 3. The topological polar surface area (TPSA) is 150 Å². The fourth-order valence-electron chi connectivity index (χ4n) is 6.39. The van der Waals surface area contributed by atoms with Crippen LogP contribution in [0.15, 0.2) is 35.2 Å². The SMILES string of the molecule is CC(=O)OCC(O)[C@@H](O)[C@@]1(O)C2CC(S(=O)(=O)c3cc(C(=O)Nc4cc(F)c(F)c(F)c4)ccc3Cl)C23CC31. The maximum Gasteiger partial charge on any atom is 0.302 e. The third-order valence-electron chi connectivity index (χ3n) is 8.27. The van der Waals surface area contributed by atoms with Crippen molar-refractivity contribution in [3.63, 3.8) is 0 Å². The zero-order chi connectivity index (χ0) is 28.7. The van der Waals surface area contributed by atoms with E-state index in [9.17, 15) is 46.5 Å². The molecule has 3 fully saturated rings. The molecular formula is C25H23ClF3NO8S. The normalized spacial score (nSPS) is 30.1. The molecule has 9 nitrogen and oxygen atoms in total. The van der Waals surface area contributed by atoms with Gasteiger partial charge >= 0.3 is 5.97 Å². The predicted molar refractivity (Wildman–Crippen MR) is 129 cm³/mol. The van der Waals surface area contributed by atoms with Gasteiger partial charge in [-0.3, -0.25) is 9.59 Å².